The Balaban J connectivity index is 2.15. The summed E-state index contributed by atoms with van der Waals surface area (Å²) < 4.78 is 22.9. The van der Waals surface area contributed by atoms with Crippen molar-refractivity contribution in [2.75, 3.05) is 11.5 Å². The summed E-state index contributed by atoms with van der Waals surface area (Å²) in [7, 11) is -3.06. The Bertz CT molecular complexity index is 624. The second-order valence-electron chi connectivity index (χ2n) is 5.36. The molecule has 0 bridgehead atoms. The molecule has 0 aliphatic carbocycles. The van der Waals surface area contributed by atoms with Gasteiger partial charge < -0.3 is 10.4 Å². The van der Waals surface area contributed by atoms with Crippen LogP contribution in [0, 0.1) is 6.92 Å². The number of rotatable bonds is 2. The van der Waals surface area contributed by atoms with Gasteiger partial charge in [0.1, 0.15) is 5.75 Å². The zero-order valence-corrected chi connectivity index (χ0v) is 11.8. The fourth-order valence-corrected chi connectivity index (χ4v) is 4.30. The van der Waals surface area contributed by atoms with Crippen LogP contribution < -0.4 is 5.32 Å². The molecule has 1 fully saturated rings. The predicted molar refractivity (Wildman–Crippen MR) is 72.0 cm³/mol. The SMILES string of the molecule is Cc1ccc(C(=O)NC2(C)CCS(=O)(=O)C2)cc1O. The second-order valence-corrected chi connectivity index (χ2v) is 7.54. The number of phenols is 1. The predicted octanol–water partition coefficient (Wildman–Crippen LogP) is 1.01. The van der Waals surface area contributed by atoms with E-state index < -0.39 is 15.4 Å². The summed E-state index contributed by atoms with van der Waals surface area (Å²) in [4.78, 5) is 12.1. The minimum Gasteiger partial charge on any atom is -0.508 e. The Morgan fingerprint density at radius 3 is 2.63 bits per heavy atom. The molecule has 6 heteroatoms. The van der Waals surface area contributed by atoms with E-state index in [2.05, 4.69) is 5.32 Å². The van der Waals surface area contributed by atoms with Crippen molar-refractivity contribution in [3.05, 3.63) is 29.3 Å². The molecule has 1 aromatic carbocycles. The number of benzene rings is 1. The van der Waals surface area contributed by atoms with E-state index in [1.165, 1.54) is 6.07 Å². The van der Waals surface area contributed by atoms with Crippen LogP contribution in [0.3, 0.4) is 0 Å². The van der Waals surface area contributed by atoms with Gasteiger partial charge in [-0.25, -0.2) is 8.42 Å². The summed E-state index contributed by atoms with van der Waals surface area (Å²) in [5, 5.41) is 12.3. The van der Waals surface area contributed by atoms with E-state index in [-0.39, 0.29) is 23.2 Å². The standard InChI is InChI=1S/C13H17NO4S/c1-9-3-4-10(7-11(9)15)12(16)14-13(2)5-6-19(17,18)8-13/h3-4,7,15H,5-6,8H2,1-2H3,(H,14,16). The normalized spacial score (nSPS) is 25.2. The van der Waals surface area contributed by atoms with E-state index in [1.54, 1.807) is 26.0 Å². The van der Waals surface area contributed by atoms with Gasteiger partial charge >= 0.3 is 0 Å². The Morgan fingerprint density at radius 2 is 2.11 bits per heavy atom. The fraction of sp³-hybridized carbons (Fsp3) is 0.462. The molecule has 0 saturated carbocycles. The number of hydrogen-bond acceptors (Lipinski definition) is 4. The van der Waals surface area contributed by atoms with Crippen LogP contribution in [-0.2, 0) is 9.84 Å². The number of carbonyl (C=O) groups excluding carboxylic acids is 1. The fourth-order valence-electron chi connectivity index (χ4n) is 2.21. The number of aryl methyl sites for hydroxylation is 1. The zero-order chi connectivity index (χ0) is 14.3. The molecule has 1 aliphatic heterocycles. The minimum absolute atomic E-state index is 0.0381. The van der Waals surface area contributed by atoms with Crippen molar-refractivity contribution in [3.8, 4) is 5.75 Å². The molecule has 0 aromatic heterocycles. The minimum atomic E-state index is -3.06. The van der Waals surface area contributed by atoms with E-state index in [4.69, 9.17) is 0 Å². The molecular formula is C13H17NO4S. The van der Waals surface area contributed by atoms with Crippen LogP contribution in [0.2, 0.25) is 0 Å². The van der Waals surface area contributed by atoms with Crippen LogP contribution >= 0.6 is 0 Å². The lowest BCUT2D eigenvalue weighted by atomic mass is 10.0. The Morgan fingerprint density at radius 1 is 1.42 bits per heavy atom. The summed E-state index contributed by atoms with van der Waals surface area (Å²) in [6.45, 7) is 3.46. The molecule has 0 radical (unpaired) electrons. The van der Waals surface area contributed by atoms with Crippen molar-refractivity contribution < 1.29 is 18.3 Å². The van der Waals surface area contributed by atoms with E-state index in [9.17, 15) is 18.3 Å². The quantitative estimate of drug-likeness (QED) is 0.848. The summed E-state index contributed by atoms with van der Waals surface area (Å²) >= 11 is 0. The highest BCUT2D eigenvalue weighted by molar-refractivity contribution is 7.91. The third kappa shape index (κ3) is 3.07. The van der Waals surface area contributed by atoms with Crippen molar-refractivity contribution in [1.29, 1.82) is 0 Å². The Kier molecular flexibility index (Phi) is 3.30. The molecule has 1 heterocycles. The van der Waals surface area contributed by atoms with Crippen molar-refractivity contribution in [2.45, 2.75) is 25.8 Å². The number of amides is 1. The first kappa shape index (κ1) is 13.9. The summed E-state index contributed by atoms with van der Waals surface area (Å²) in [6, 6.07) is 4.65. The summed E-state index contributed by atoms with van der Waals surface area (Å²) in [5.74, 6) is -0.251. The molecule has 1 aromatic rings. The molecule has 2 rings (SSSR count). The monoisotopic (exact) mass is 283 g/mol. The van der Waals surface area contributed by atoms with Crippen molar-refractivity contribution >= 4 is 15.7 Å². The maximum Gasteiger partial charge on any atom is 0.251 e. The number of hydrogen-bond donors (Lipinski definition) is 2. The van der Waals surface area contributed by atoms with Gasteiger partial charge in [0.2, 0.25) is 0 Å². The first-order valence-corrected chi connectivity index (χ1v) is 7.85. The lowest BCUT2D eigenvalue weighted by Gasteiger charge is -2.24. The number of phenolic OH excluding ortho intramolecular Hbond substituents is 1. The third-order valence-electron chi connectivity index (χ3n) is 3.39. The number of nitrogens with one attached hydrogen (secondary N) is 1. The van der Waals surface area contributed by atoms with Gasteiger partial charge in [0.25, 0.3) is 5.91 Å². The molecule has 1 unspecified atom stereocenters. The Hall–Kier alpha value is -1.56. The van der Waals surface area contributed by atoms with E-state index in [0.29, 0.717) is 17.5 Å². The maximum atomic E-state index is 12.1. The van der Waals surface area contributed by atoms with Crippen molar-refractivity contribution in [2.24, 2.45) is 0 Å². The van der Waals surface area contributed by atoms with Gasteiger partial charge in [0.05, 0.1) is 17.0 Å². The third-order valence-corrected chi connectivity index (χ3v) is 5.29. The summed E-state index contributed by atoms with van der Waals surface area (Å²) in [6.07, 6.45) is 0.416. The van der Waals surface area contributed by atoms with Gasteiger partial charge in [-0.1, -0.05) is 6.07 Å². The molecule has 104 valence electrons. The van der Waals surface area contributed by atoms with Crippen molar-refractivity contribution in [3.63, 3.8) is 0 Å². The van der Waals surface area contributed by atoms with Crippen LogP contribution in [0.4, 0.5) is 0 Å². The smallest absolute Gasteiger partial charge is 0.251 e. The first-order chi connectivity index (χ1) is 8.71. The van der Waals surface area contributed by atoms with Crippen LogP contribution in [0.1, 0.15) is 29.3 Å². The average Bonchev–Trinajstić information content (AvgIpc) is 2.56. The molecular weight excluding hydrogens is 266 g/mol. The van der Waals surface area contributed by atoms with E-state index in [0.717, 1.165) is 0 Å². The highest BCUT2D eigenvalue weighted by atomic mass is 32.2. The van der Waals surface area contributed by atoms with E-state index >= 15 is 0 Å². The lowest BCUT2D eigenvalue weighted by Crippen LogP contribution is -2.46. The number of carbonyl (C=O) groups is 1. The van der Waals surface area contributed by atoms with Gasteiger partial charge in [-0.2, -0.15) is 0 Å². The molecule has 1 aliphatic rings. The van der Waals surface area contributed by atoms with Crippen LogP contribution in [-0.4, -0.2) is 36.5 Å². The topological polar surface area (TPSA) is 83.5 Å². The number of sulfone groups is 1. The highest BCUT2D eigenvalue weighted by Gasteiger charge is 2.39. The summed E-state index contributed by atoms with van der Waals surface area (Å²) in [5.41, 5.74) is 0.288. The largest absolute Gasteiger partial charge is 0.508 e. The van der Waals surface area contributed by atoms with Crippen molar-refractivity contribution in [1.82, 2.24) is 5.32 Å². The number of aromatic hydroxyl groups is 1. The average molecular weight is 283 g/mol. The van der Waals surface area contributed by atoms with Gasteiger partial charge in [0, 0.05) is 5.56 Å². The first-order valence-electron chi connectivity index (χ1n) is 6.03. The van der Waals surface area contributed by atoms with Crippen LogP contribution in [0.5, 0.6) is 5.75 Å². The van der Waals surface area contributed by atoms with Crippen LogP contribution in [0.25, 0.3) is 0 Å². The molecule has 1 saturated heterocycles. The molecule has 0 spiro atoms. The lowest BCUT2D eigenvalue weighted by molar-refractivity contribution is 0.0915. The maximum absolute atomic E-state index is 12.1. The molecule has 2 N–H and O–H groups in total. The molecule has 1 amide bonds. The second kappa shape index (κ2) is 4.52. The highest BCUT2D eigenvalue weighted by Crippen LogP contribution is 2.24. The zero-order valence-electron chi connectivity index (χ0n) is 10.9. The molecule has 1 atom stereocenters. The van der Waals surface area contributed by atoms with Crippen LogP contribution in [0.15, 0.2) is 18.2 Å². The molecule has 5 nitrogen and oxygen atoms in total. The van der Waals surface area contributed by atoms with Gasteiger partial charge in [-0.3, -0.25) is 4.79 Å². The van der Waals surface area contributed by atoms with Gasteiger partial charge in [0.15, 0.2) is 9.84 Å². The van der Waals surface area contributed by atoms with Gasteiger partial charge in [-0.15, -0.1) is 0 Å². The van der Waals surface area contributed by atoms with Gasteiger partial charge in [-0.05, 0) is 38.0 Å². The molecule has 19 heavy (non-hydrogen) atoms. The Labute approximate surface area is 112 Å². The van der Waals surface area contributed by atoms with E-state index in [1.807, 2.05) is 0 Å².